The average Bonchev–Trinajstić information content (AvgIpc) is 3.70. The number of nitrogens with zero attached hydrogens (tertiary/aromatic N) is 1. The van der Waals surface area contributed by atoms with Crippen molar-refractivity contribution in [3.05, 3.63) is 210 Å². The van der Waals surface area contributed by atoms with Crippen molar-refractivity contribution in [2.45, 2.75) is 12.3 Å². The summed E-state index contributed by atoms with van der Waals surface area (Å²) in [6, 6.07) is 55.2. The highest BCUT2D eigenvalue weighted by atomic mass is 14.7. The van der Waals surface area contributed by atoms with Crippen LogP contribution in [0.1, 0.15) is 33.3 Å². The molecule has 1 spiro atoms. The molecule has 0 bridgehead atoms. The lowest BCUT2D eigenvalue weighted by Gasteiger charge is -2.30. The van der Waals surface area contributed by atoms with Crippen LogP contribution in [0.3, 0.4) is 0 Å². The summed E-state index contributed by atoms with van der Waals surface area (Å²) in [5.41, 5.74) is 15.9. The molecule has 1 aromatic heterocycles. The summed E-state index contributed by atoms with van der Waals surface area (Å²) < 4.78 is 35.3. The van der Waals surface area contributed by atoms with Crippen LogP contribution in [-0.4, -0.2) is 4.98 Å². The summed E-state index contributed by atoms with van der Waals surface area (Å²) in [5, 5.41) is 0. The Bertz CT molecular complexity index is 2750. The number of hydrogen-bond donors (Lipinski definition) is 0. The van der Waals surface area contributed by atoms with Crippen molar-refractivity contribution in [1.82, 2.24) is 4.98 Å². The fourth-order valence-electron chi connectivity index (χ4n) is 8.24. The SMILES string of the molecule is [2H]c1c([2H])c(-c2cc(-c3ccc4c(c3)C3(c5ccccc5-c5ccccc53)c3ccccc3-4)cc(-c3cccc(-c4ccccc4)c3)n2)c([2H])c([2H])c1C. The fraction of sp³-hybridized carbons (Fsp3) is 0.0408. The van der Waals surface area contributed by atoms with E-state index in [1.807, 2.05) is 36.4 Å². The number of pyridine rings is 1. The summed E-state index contributed by atoms with van der Waals surface area (Å²) in [7, 11) is 0. The molecule has 0 fully saturated rings. The van der Waals surface area contributed by atoms with Crippen LogP contribution in [0, 0.1) is 6.92 Å². The van der Waals surface area contributed by atoms with Crippen LogP contribution < -0.4 is 0 Å². The van der Waals surface area contributed by atoms with E-state index < -0.39 is 5.41 Å². The van der Waals surface area contributed by atoms with Crippen molar-refractivity contribution < 1.29 is 5.48 Å². The third-order valence-electron chi connectivity index (χ3n) is 10.4. The van der Waals surface area contributed by atoms with Crippen LogP contribution in [0.2, 0.25) is 0 Å². The standard InChI is InChI=1S/C49H33N/c1-32-22-24-34(25-23-32)47-30-38(31-48(50-47)37-15-11-14-35(28-37)33-12-3-2-4-13-33)36-26-27-42-41-18-7-10-21-45(41)49(46(42)29-36)43-19-8-5-16-39(43)40-17-6-9-20-44(40)49/h2-31H,1H3/i22D,23D,24D,25D. The van der Waals surface area contributed by atoms with E-state index in [0.717, 1.165) is 27.8 Å². The highest BCUT2D eigenvalue weighted by Crippen LogP contribution is 2.63. The smallest absolute Gasteiger partial charge is 0.0725 e. The van der Waals surface area contributed by atoms with Gasteiger partial charge in [0.2, 0.25) is 0 Å². The van der Waals surface area contributed by atoms with Gasteiger partial charge in [-0.3, -0.25) is 0 Å². The van der Waals surface area contributed by atoms with E-state index >= 15 is 0 Å². The summed E-state index contributed by atoms with van der Waals surface area (Å²) >= 11 is 0. The zero-order chi connectivity index (χ0) is 36.7. The molecule has 0 radical (unpaired) electrons. The van der Waals surface area contributed by atoms with Crippen molar-refractivity contribution in [3.8, 4) is 67.0 Å². The van der Waals surface area contributed by atoms with E-state index in [0.29, 0.717) is 17.0 Å². The Morgan fingerprint density at radius 3 is 1.52 bits per heavy atom. The maximum Gasteiger partial charge on any atom is 0.0725 e. The predicted octanol–water partition coefficient (Wildman–Crippen LogP) is 12.4. The third kappa shape index (κ3) is 4.23. The van der Waals surface area contributed by atoms with Gasteiger partial charge in [-0.15, -0.1) is 0 Å². The van der Waals surface area contributed by atoms with E-state index in [-0.39, 0.29) is 29.7 Å². The van der Waals surface area contributed by atoms with Gasteiger partial charge in [0, 0.05) is 11.1 Å². The molecule has 10 rings (SSSR count). The molecule has 8 aromatic rings. The second-order valence-corrected chi connectivity index (χ2v) is 13.2. The molecule has 0 unspecified atom stereocenters. The van der Waals surface area contributed by atoms with Crippen molar-refractivity contribution >= 4 is 0 Å². The van der Waals surface area contributed by atoms with Gasteiger partial charge in [0.25, 0.3) is 0 Å². The minimum atomic E-state index is -0.502. The van der Waals surface area contributed by atoms with Crippen molar-refractivity contribution in [3.63, 3.8) is 0 Å². The van der Waals surface area contributed by atoms with E-state index in [2.05, 4.69) is 121 Å². The van der Waals surface area contributed by atoms with Crippen molar-refractivity contribution in [2.24, 2.45) is 0 Å². The zero-order valence-corrected chi connectivity index (χ0v) is 27.5. The number of rotatable bonds is 4. The van der Waals surface area contributed by atoms with Crippen LogP contribution in [0.4, 0.5) is 0 Å². The van der Waals surface area contributed by atoms with Crippen LogP contribution in [0.25, 0.3) is 67.0 Å². The second kappa shape index (κ2) is 11.1. The van der Waals surface area contributed by atoms with Gasteiger partial charge in [0.1, 0.15) is 0 Å². The summed E-state index contributed by atoms with van der Waals surface area (Å²) in [4.78, 5) is 5.10. The van der Waals surface area contributed by atoms with Crippen LogP contribution in [0.15, 0.2) is 182 Å². The molecule has 2 aliphatic rings. The van der Waals surface area contributed by atoms with Crippen LogP contribution in [-0.2, 0) is 5.41 Å². The molecule has 1 nitrogen and oxygen atoms in total. The molecule has 0 aliphatic heterocycles. The van der Waals surface area contributed by atoms with Crippen LogP contribution >= 0.6 is 0 Å². The Morgan fingerprint density at radius 2 is 0.880 bits per heavy atom. The summed E-state index contributed by atoms with van der Waals surface area (Å²) in [6.45, 7) is 1.63. The average molecular weight is 640 g/mol. The maximum absolute atomic E-state index is 9.00. The summed E-state index contributed by atoms with van der Waals surface area (Å²) in [6.07, 6.45) is 0. The van der Waals surface area contributed by atoms with E-state index in [4.69, 9.17) is 10.5 Å². The van der Waals surface area contributed by atoms with Gasteiger partial charge < -0.3 is 0 Å². The third-order valence-corrected chi connectivity index (χ3v) is 10.4. The Labute approximate surface area is 298 Å². The topological polar surface area (TPSA) is 12.9 Å². The van der Waals surface area contributed by atoms with Crippen molar-refractivity contribution in [2.75, 3.05) is 0 Å². The molecule has 0 saturated carbocycles. The molecule has 0 amide bonds. The predicted molar refractivity (Wildman–Crippen MR) is 207 cm³/mol. The van der Waals surface area contributed by atoms with E-state index in [1.54, 1.807) is 6.92 Å². The zero-order valence-electron chi connectivity index (χ0n) is 31.5. The van der Waals surface area contributed by atoms with Gasteiger partial charge in [-0.25, -0.2) is 4.98 Å². The fourth-order valence-corrected chi connectivity index (χ4v) is 8.24. The first-order chi connectivity index (χ1) is 26.4. The normalized spacial score (nSPS) is 14.2. The highest BCUT2D eigenvalue weighted by Gasteiger charge is 2.51. The minimum absolute atomic E-state index is 0.0540. The molecule has 0 atom stereocenters. The largest absolute Gasteiger partial charge is 0.248 e. The maximum atomic E-state index is 9.00. The van der Waals surface area contributed by atoms with Gasteiger partial charge in [-0.05, 0) is 98.0 Å². The first-order valence-corrected chi connectivity index (χ1v) is 17.1. The molecule has 1 heterocycles. The van der Waals surface area contributed by atoms with Gasteiger partial charge in [0.05, 0.1) is 22.3 Å². The molecule has 0 saturated heterocycles. The lowest BCUT2D eigenvalue weighted by atomic mass is 9.70. The Morgan fingerprint density at radius 1 is 0.380 bits per heavy atom. The Balaban J connectivity index is 1.24. The monoisotopic (exact) mass is 639 g/mol. The second-order valence-electron chi connectivity index (χ2n) is 13.2. The minimum Gasteiger partial charge on any atom is -0.248 e. The Kier molecular flexibility index (Phi) is 5.51. The molecule has 1 heteroatoms. The van der Waals surface area contributed by atoms with E-state index in [9.17, 15) is 0 Å². The van der Waals surface area contributed by atoms with Crippen LogP contribution in [0.5, 0.6) is 0 Å². The molecule has 50 heavy (non-hydrogen) atoms. The molecular weight excluding hydrogens is 603 g/mol. The number of benzene rings is 7. The molecule has 2 aliphatic carbocycles. The number of fused-ring (bicyclic) bond motifs is 10. The first kappa shape index (κ1) is 24.8. The number of hydrogen-bond acceptors (Lipinski definition) is 1. The lowest BCUT2D eigenvalue weighted by Crippen LogP contribution is -2.25. The Hall–Kier alpha value is -6.31. The quantitative estimate of drug-likeness (QED) is 0.187. The van der Waals surface area contributed by atoms with Gasteiger partial charge in [-0.2, -0.15) is 0 Å². The van der Waals surface area contributed by atoms with E-state index in [1.165, 1.54) is 44.5 Å². The summed E-state index contributed by atoms with van der Waals surface area (Å²) in [5.74, 6) is 0. The lowest BCUT2D eigenvalue weighted by molar-refractivity contribution is 0.794. The molecule has 7 aromatic carbocycles. The molecule has 234 valence electrons. The van der Waals surface area contributed by atoms with Gasteiger partial charge >= 0.3 is 0 Å². The molecule has 0 N–H and O–H groups in total. The first-order valence-electron chi connectivity index (χ1n) is 19.1. The number of aromatic nitrogens is 1. The van der Waals surface area contributed by atoms with Crippen molar-refractivity contribution in [1.29, 1.82) is 0 Å². The highest BCUT2D eigenvalue weighted by molar-refractivity contribution is 5.96. The van der Waals surface area contributed by atoms with Gasteiger partial charge in [0.15, 0.2) is 0 Å². The molecular formula is C49H33N. The van der Waals surface area contributed by atoms with Gasteiger partial charge in [-0.1, -0.05) is 163 Å².